The quantitative estimate of drug-likeness (QED) is 0.464. The molecule has 0 bridgehead atoms. The average molecular weight is 433 g/mol. The number of nitrogens with zero attached hydrogens (tertiary/aromatic N) is 7. The van der Waals surface area contributed by atoms with Crippen molar-refractivity contribution in [2.75, 3.05) is 6.54 Å². The predicted molar refractivity (Wildman–Crippen MR) is 117 cm³/mol. The molecule has 3 aromatic heterocycles. The number of benzene rings is 1. The first kappa shape index (κ1) is 20.0. The van der Waals surface area contributed by atoms with E-state index in [1.165, 1.54) is 28.1 Å². The molecule has 1 unspecified atom stereocenters. The summed E-state index contributed by atoms with van der Waals surface area (Å²) in [5, 5.41) is 4.30. The molecular weight excluding hydrogens is 410 g/mol. The first-order chi connectivity index (χ1) is 15.3. The molecule has 4 heterocycles. The van der Waals surface area contributed by atoms with E-state index < -0.39 is 11.2 Å². The molecule has 0 spiro atoms. The van der Waals surface area contributed by atoms with Gasteiger partial charge in [-0.2, -0.15) is 5.10 Å². The summed E-state index contributed by atoms with van der Waals surface area (Å²) in [6, 6.07) is 8.12. The molecule has 0 saturated heterocycles. The summed E-state index contributed by atoms with van der Waals surface area (Å²) in [6.07, 6.45) is 5.26. The lowest BCUT2D eigenvalue weighted by atomic mass is 9.86. The Bertz CT molecular complexity index is 1470. The van der Waals surface area contributed by atoms with E-state index in [2.05, 4.69) is 16.1 Å². The van der Waals surface area contributed by atoms with Crippen LogP contribution in [0.1, 0.15) is 22.6 Å². The fourth-order valence-electron chi connectivity index (χ4n) is 4.46. The van der Waals surface area contributed by atoms with Crippen LogP contribution in [0.25, 0.3) is 11.2 Å². The number of carbonyl (C=O) groups excluding carboxylic acids is 1. The molecule has 0 N–H and O–H groups in total. The topological polar surface area (TPSA) is 100.0 Å². The second-order valence-corrected chi connectivity index (χ2v) is 8.22. The molecule has 1 atom stereocenters. The largest absolute Gasteiger partial charge is 0.336 e. The zero-order valence-electron chi connectivity index (χ0n) is 18.1. The summed E-state index contributed by atoms with van der Waals surface area (Å²) in [4.78, 5) is 44.2. The van der Waals surface area contributed by atoms with Gasteiger partial charge in [-0.05, 0) is 16.7 Å². The van der Waals surface area contributed by atoms with E-state index in [0.717, 1.165) is 15.7 Å². The molecule has 32 heavy (non-hydrogen) atoms. The minimum absolute atomic E-state index is 0.0193. The Balaban J connectivity index is 1.49. The van der Waals surface area contributed by atoms with Gasteiger partial charge in [0.05, 0.1) is 12.5 Å². The highest BCUT2D eigenvalue weighted by Gasteiger charge is 2.30. The number of hydrogen-bond acceptors (Lipinski definition) is 5. The first-order valence-electron chi connectivity index (χ1n) is 10.3. The number of rotatable bonds is 3. The van der Waals surface area contributed by atoms with Gasteiger partial charge in [0, 0.05) is 46.3 Å². The average Bonchev–Trinajstić information content (AvgIpc) is 3.41. The number of imidazole rings is 1. The number of carbonyl (C=O) groups is 1. The molecule has 164 valence electrons. The smallest absolute Gasteiger partial charge is 0.332 e. The summed E-state index contributed by atoms with van der Waals surface area (Å²) < 4.78 is 5.63. The van der Waals surface area contributed by atoms with Gasteiger partial charge in [0.25, 0.3) is 5.56 Å². The van der Waals surface area contributed by atoms with Crippen LogP contribution in [0.4, 0.5) is 0 Å². The molecular formula is C22H23N7O3. The van der Waals surface area contributed by atoms with Crippen molar-refractivity contribution in [1.29, 1.82) is 0 Å². The van der Waals surface area contributed by atoms with E-state index in [1.54, 1.807) is 16.6 Å². The van der Waals surface area contributed by atoms with E-state index in [4.69, 9.17) is 0 Å². The number of aryl methyl sites for hydroxylation is 2. The van der Waals surface area contributed by atoms with Crippen LogP contribution in [-0.2, 0) is 39.0 Å². The molecule has 5 rings (SSSR count). The molecule has 0 saturated carbocycles. The van der Waals surface area contributed by atoms with Crippen molar-refractivity contribution in [3.8, 4) is 0 Å². The molecule has 10 heteroatoms. The maximum atomic E-state index is 13.3. The SMILES string of the molecule is Cn1cc(C2CN(C(=O)Cn3cnc4c3c(=O)n(C)c(=O)n4C)Cc3ccccc32)cn1. The number of amides is 1. The van der Waals surface area contributed by atoms with Crippen LogP contribution in [-0.4, -0.2) is 45.8 Å². The molecule has 0 radical (unpaired) electrons. The van der Waals surface area contributed by atoms with Crippen molar-refractivity contribution in [2.45, 2.75) is 19.0 Å². The molecule has 1 aliphatic rings. The second-order valence-electron chi connectivity index (χ2n) is 8.22. The van der Waals surface area contributed by atoms with E-state index >= 15 is 0 Å². The number of aromatic nitrogens is 6. The minimum Gasteiger partial charge on any atom is -0.336 e. The molecule has 0 fully saturated rings. The maximum absolute atomic E-state index is 13.3. The van der Waals surface area contributed by atoms with E-state index in [-0.39, 0.29) is 29.5 Å². The second kappa shape index (κ2) is 7.33. The Morgan fingerprint density at radius 3 is 2.66 bits per heavy atom. The van der Waals surface area contributed by atoms with Crippen LogP contribution in [0.15, 0.2) is 52.6 Å². The Hall–Kier alpha value is -3.95. The van der Waals surface area contributed by atoms with Crippen molar-refractivity contribution in [1.82, 2.24) is 33.4 Å². The first-order valence-corrected chi connectivity index (χ1v) is 10.3. The number of fused-ring (bicyclic) bond motifs is 2. The van der Waals surface area contributed by atoms with Gasteiger partial charge in [-0.25, -0.2) is 9.78 Å². The van der Waals surface area contributed by atoms with Gasteiger partial charge >= 0.3 is 5.69 Å². The van der Waals surface area contributed by atoms with Gasteiger partial charge in [-0.3, -0.25) is 23.4 Å². The van der Waals surface area contributed by atoms with Crippen molar-refractivity contribution in [2.24, 2.45) is 21.1 Å². The maximum Gasteiger partial charge on any atom is 0.332 e. The zero-order chi connectivity index (χ0) is 22.6. The van der Waals surface area contributed by atoms with E-state index in [0.29, 0.717) is 13.1 Å². The molecule has 10 nitrogen and oxygen atoms in total. The van der Waals surface area contributed by atoms with Gasteiger partial charge in [-0.15, -0.1) is 0 Å². The summed E-state index contributed by atoms with van der Waals surface area (Å²) in [5.74, 6) is -0.102. The Morgan fingerprint density at radius 2 is 1.91 bits per heavy atom. The van der Waals surface area contributed by atoms with Gasteiger partial charge in [0.2, 0.25) is 5.91 Å². The van der Waals surface area contributed by atoms with Gasteiger partial charge in [0.15, 0.2) is 11.2 Å². The molecule has 1 aromatic carbocycles. The predicted octanol–water partition coefficient (Wildman–Crippen LogP) is 0.342. The van der Waals surface area contributed by atoms with Crippen LogP contribution < -0.4 is 11.2 Å². The highest BCUT2D eigenvalue weighted by Crippen LogP contribution is 2.33. The lowest BCUT2D eigenvalue weighted by Crippen LogP contribution is -2.41. The Morgan fingerprint density at radius 1 is 1.12 bits per heavy atom. The van der Waals surface area contributed by atoms with Crippen LogP contribution in [0.2, 0.25) is 0 Å². The third-order valence-electron chi connectivity index (χ3n) is 6.20. The van der Waals surface area contributed by atoms with E-state index in [9.17, 15) is 14.4 Å². The standard InChI is InChI=1S/C22H23N7O3/c1-25-9-15(8-24-25)17-11-28(10-14-6-4-5-7-16(14)17)18(30)12-29-13-23-20-19(29)21(31)27(3)22(32)26(20)2/h4-9,13,17H,10-12H2,1-3H3. The molecule has 1 amide bonds. The fraction of sp³-hybridized carbons (Fsp3) is 0.318. The Labute approximate surface area is 182 Å². The van der Waals surface area contributed by atoms with Gasteiger partial charge in [0.1, 0.15) is 6.54 Å². The monoisotopic (exact) mass is 433 g/mol. The van der Waals surface area contributed by atoms with Crippen LogP contribution in [0, 0.1) is 0 Å². The van der Waals surface area contributed by atoms with Crippen LogP contribution >= 0.6 is 0 Å². The minimum atomic E-state index is -0.467. The third kappa shape index (κ3) is 3.06. The lowest BCUT2D eigenvalue weighted by Gasteiger charge is -2.34. The highest BCUT2D eigenvalue weighted by molar-refractivity contribution is 5.79. The zero-order valence-corrected chi connectivity index (χ0v) is 18.1. The summed E-state index contributed by atoms with van der Waals surface area (Å²) >= 11 is 0. The van der Waals surface area contributed by atoms with Crippen molar-refractivity contribution < 1.29 is 4.79 Å². The lowest BCUT2D eigenvalue weighted by molar-refractivity contribution is -0.132. The van der Waals surface area contributed by atoms with Crippen molar-refractivity contribution >= 4 is 17.1 Å². The molecule has 4 aromatic rings. The number of hydrogen-bond donors (Lipinski definition) is 0. The molecule has 0 aliphatic carbocycles. The van der Waals surface area contributed by atoms with Crippen molar-refractivity contribution in [3.05, 3.63) is 80.5 Å². The summed E-state index contributed by atoms with van der Waals surface area (Å²) in [7, 11) is 4.85. The molecule has 1 aliphatic heterocycles. The van der Waals surface area contributed by atoms with Crippen LogP contribution in [0.5, 0.6) is 0 Å². The van der Waals surface area contributed by atoms with Gasteiger partial charge < -0.3 is 9.47 Å². The van der Waals surface area contributed by atoms with E-state index in [1.807, 2.05) is 37.6 Å². The highest BCUT2D eigenvalue weighted by atomic mass is 16.2. The Kier molecular flexibility index (Phi) is 4.58. The van der Waals surface area contributed by atoms with Gasteiger partial charge in [-0.1, -0.05) is 24.3 Å². The van der Waals surface area contributed by atoms with Crippen LogP contribution in [0.3, 0.4) is 0 Å². The summed E-state index contributed by atoms with van der Waals surface area (Å²) in [5.41, 5.74) is 2.93. The third-order valence-corrected chi connectivity index (χ3v) is 6.20. The normalized spacial score (nSPS) is 15.8. The fourth-order valence-corrected chi connectivity index (χ4v) is 4.46. The van der Waals surface area contributed by atoms with Crippen molar-refractivity contribution in [3.63, 3.8) is 0 Å². The summed E-state index contributed by atoms with van der Waals surface area (Å²) in [6.45, 7) is 0.978.